The Hall–Kier alpha value is -2.25. The van der Waals surface area contributed by atoms with Crippen molar-refractivity contribution in [3.63, 3.8) is 0 Å². The zero-order valence-corrected chi connectivity index (χ0v) is 17.1. The molecule has 0 aliphatic rings. The van der Waals surface area contributed by atoms with Gasteiger partial charge in [-0.15, -0.1) is 10.2 Å². The highest BCUT2D eigenvalue weighted by Crippen LogP contribution is 2.27. The fraction of sp³-hybridized carbons (Fsp3) is 0.400. The van der Waals surface area contributed by atoms with Crippen LogP contribution in [-0.4, -0.2) is 38.3 Å². The number of nitrogens with zero attached hydrogens (tertiary/aromatic N) is 3. The van der Waals surface area contributed by atoms with Crippen LogP contribution in [-0.2, 0) is 7.05 Å². The van der Waals surface area contributed by atoms with Gasteiger partial charge in [-0.2, -0.15) is 0 Å². The largest absolute Gasteiger partial charge is 0.490 e. The van der Waals surface area contributed by atoms with Crippen LogP contribution in [0.25, 0.3) is 11.4 Å². The highest BCUT2D eigenvalue weighted by Gasteiger charge is 2.17. The van der Waals surface area contributed by atoms with E-state index in [-0.39, 0.29) is 6.61 Å². The third-order valence-electron chi connectivity index (χ3n) is 4.63. The van der Waals surface area contributed by atoms with Gasteiger partial charge in [0.2, 0.25) is 0 Å². The molecule has 144 valence electrons. The standard InChI is InChI=1S/C20H25N3O3S/c1-12-6-7-13(2)18(14(12)3)26-10-16(24)11-27-20-22-21-19(23(20)5)17-8-9-25-15(17)4/h6-9,16,24H,10-11H2,1-5H3/t16-/m1/s1. The van der Waals surface area contributed by atoms with Crippen molar-refractivity contribution in [1.82, 2.24) is 14.8 Å². The molecule has 27 heavy (non-hydrogen) atoms. The SMILES string of the molecule is Cc1ccc(C)c(OC[C@@H](O)CSc2nnc(-c3ccoc3C)n2C)c1C. The molecule has 0 amide bonds. The molecule has 2 heterocycles. The summed E-state index contributed by atoms with van der Waals surface area (Å²) in [5.41, 5.74) is 4.29. The van der Waals surface area contributed by atoms with Gasteiger partial charge in [0.1, 0.15) is 18.1 Å². The number of thioether (sulfide) groups is 1. The van der Waals surface area contributed by atoms with Gasteiger partial charge < -0.3 is 18.8 Å². The van der Waals surface area contributed by atoms with Crippen LogP contribution in [0.2, 0.25) is 0 Å². The van der Waals surface area contributed by atoms with Crippen molar-refractivity contribution in [2.24, 2.45) is 7.05 Å². The van der Waals surface area contributed by atoms with E-state index in [0.29, 0.717) is 5.75 Å². The molecule has 7 heteroatoms. The number of furan rings is 1. The average Bonchev–Trinajstić information content (AvgIpc) is 3.21. The van der Waals surface area contributed by atoms with E-state index in [1.807, 2.05) is 44.5 Å². The molecule has 3 aromatic rings. The fourth-order valence-electron chi connectivity index (χ4n) is 2.84. The first-order valence-electron chi connectivity index (χ1n) is 8.82. The van der Waals surface area contributed by atoms with Crippen LogP contribution >= 0.6 is 11.8 Å². The molecule has 1 N–H and O–H groups in total. The Morgan fingerprint density at radius 3 is 2.59 bits per heavy atom. The van der Waals surface area contributed by atoms with Gasteiger partial charge >= 0.3 is 0 Å². The van der Waals surface area contributed by atoms with Crippen LogP contribution in [0, 0.1) is 27.7 Å². The Balaban J connectivity index is 1.59. The zero-order chi connectivity index (χ0) is 19.6. The summed E-state index contributed by atoms with van der Waals surface area (Å²) >= 11 is 1.45. The molecule has 0 unspecified atom stereocenters. The molecule has 3 rings (SSSR count). The normalized spacial score (nSPS) is 12.4. The molecule has 1 atom stereocenters. The molecule has 1 aromatic carbocycles. The Morgan fingerprint density at radius 1 is 1.15 bits per heavy atom. The van der Waals surface area contributed by atoms with E-state index in [4.69, 9.17) is 9.15 Å². The first-order chi connectivity index (χ1) is 12.9. The number of aliphatic hydroxyl groups excluding tert-OH is 1. The second kappa shape index (κ2) is 8.19. The maximum atomic E-state index is 10.3. The summed E-state index contributed by atoms with van der Waals surface area (Å²) < 4.78 is 13.1. The topological polar surface area (TPSA) is 73.3 Å². The van der Waals surface area contributed by atoms with Gasteiger partial charge in [0.15, 0.2) is 11.0 Å². The minimum Gasteiger partial charge on any atom is -0.490 e. The molecular weight excluding hydrogens is 362 g/mol. The molecule has 0 aliphatic carbocycles. The van der Waals surface area contributed by atoms with Crippen LogP contribution in [0.5, 0.6) is 5.75 Å². The van der Waals surface area contributed by atoms with Crippen LogP contribution in [0.1, 0.15) is 22.5 Å². The molecule has 0 radical (unpaired) electrons. The summed E-state index contributed by atoms with van der Waals surface area (Å²) in [6.45, 7) is 8.25. The van der Waals surface area contributed by atoms with E-state index in [0.717, 1.165) is 39.2 Å². The lowest BCUT2D eigenvalue weighted by Gasteiger charge is -2.16. The first kappa shape index (κ1) is 19.5. The zero-order valence-electron chi connectivity index (χ0n) is 16.3. The van der Waals surface area contributed by atoms with Crippen molar-refractivity contribution in [3.05, 3.63) is 46.9 Å². The smallest absolute Gasteiger partial charge is 0.191 e. The van der Waals surface area contributed by atoms with Gasteiger partial charge in [0, 0.05) is 12.8 Å². The van der Waals surface area contributed by atoms with E-state index in [1.165, 1.54) is 17.3 Å². The van der Waals surface area contributed by atoms with Gasteiger partial charge in [0.05, 0.1) is 17.9 Å². The fourth-order valence-corrected chi connectivity index (χ4v) is 3.65. The van der Waals surface area contributed by atoms with E-state index in [2.05, 4.69) is 23.2 Å². The Morgan fingerprint density at radius 2 is 1.89 bits per heavy atom. The summed E-state index contributed by atoms with van der Waals surface area (Å²) in [6.07, 6.45) is 1.04. The van der Waals surface area contributed by atoms with Crippen LogP contribution in [0.4, 0.5) is 0 Å². The first-order valence-corrected chi connectivity index (χ1v) is 9.81. The number of aromatic nitrogens is 3. The number of aliphatic hydroxyl groups is 1. The molecule has 2 aromatic heterocycles. The summed E-state index contributed by atoms with van der Waals surface area (Å²) in [7, 11) is 1.91. The number of hydrogen-bond donors (Lipinski definition) is 1. The molecule has 0 aliphatic heterocycles. The van der Waals surface area contributed by atoms with E-state index >= 15 is 0 Å². The Labute approximate surface area is 163 Å². The van der Waals surface area contributed by atoms with Crippen LogP contribution in [0.15, 0.2) is 34.0 Å². The van der Waals surface area contributed by atoms with Crippen molar-refractivity contribution >= 4 is 11.8 Å². The van der Waals surface area contributed by atoms with Gasteiger partial charge in [0.25, 0.3) is 0 Å². The predicted octanol–water partition coefficient (Wildman–Crippen LogP) is 3.84. The summed E-state index contributed by atoms with van der Waals surface area (Å²) in [5.74, 6) is 2.88. The average molecular weight is 388 g/mol. The second-order valence-corrected chi connectivity index (χ2v) is 7.67. The number of hydrogen-bond acceptors (Lipinski definition) is 6. The number of aryl methyl sites for hydroxylation is 3. The maximum Gasteiger partial charge on any atom is 0.191 e. The van der Waals surface area contributed by atoms with Crippen molar-refractivity contribution in [2.45, 2.75) is 39.0 Å². The van der Waals surface area contributed by atoms with Gasteiger partial charge in [-0.05, 0) is 50.5 Å². The minimum absolute atomic E-state index is 0.240. The maximum absolute atomic E-state index is 10.3. The molecule has 0 saturated carbocycles. The predicted molar refractivity (Wildman–Crippen MR) is 106 cm³/mol. The van der Waals surface area contributed by atoms with Crippen molar-refractivity contribution in [2.75, 3.05) is 12.4 Å². The minimum atomic E-state index is -0.606. The van der Waals surface area contributed by atoms with E-state index < -0.39 is 6.10 Å². The number of ether oxygens (including phenoxy) is 1. The Kier molecular flexibility index (Phi) is 5.92. The quantitative estimate of drug-likeness (QED) is 0.621. The van der Waals surface area contributed by atoms with Crippen molar-refractivity contribution in [3.8, 4) is 17.1 Å². The monoisotopic (exact) mass is 387 g/mol. The lowest BCUT2D eigenvalue weighted by molar-refractivity contribution is 0.125. The molecule has 0 saturated heterocycles. The summed E-state index contributed by atoms with van der Waals surface area (Å²) in [6, 6.07) is 6.00. The van der Waals surface area contributed by atoms with Crippen LogP contribution in [0.3, 0.4) is 0 Å². The highest BCUT2D eigenvalue weighted by atomic mass is 32.2. The van der Waals surface area contributed by atoms with Gasteiger partial charge in [-0.1, -0.05) is 23.9 Å². The van der Waals surface area contributed by atoms with E-state index in [1.54, 1.807) is 6.26 Å². The number of benzene rings is 1. The lowest BCUT2D eigenvalue weighted by atomic mass is 10.1. The van der Waals surface area contributed by atoms with Crippen LogP contribution < -0.4 is 4.74 Å². The molecular formula is C20H25N3O3S. The molecule has 0 bridgehead atoms. The third kappa shape index (κ3) is 4.20. The lowest BCUT2D eigenvalue weighted by Crippen LogP contribution is -2.21. The van der Waals surface area contributed by atoms with E-state index in [9.17, 15) is 5.11 Å². The Bertz CT molecular complexity index is 933. The number of rotatable bonds is 7. The van der Waals surface area contributed by atoms with Crippen molar-refractivity contribution < 1.29 is 14.3 Å². The van der Waals surface area contributed by atoms with Gasteiger partial charge in [-0.25, -0.2) is 0 Å². The summed E-state index contributed by atoms with van der Waals surface area (Å²) in [5, 5.41) is 19.5. The molecule has 6 nitrogen and oxygen atoms in total. The molecule has 0 spiro atoms. The second-order valence-electron chi connectivity index (χ2n) is 6.68. The third-order valence-corrected chi connectivity index (χ3v) is 5.80. The molecule has 0 fully saturated rings. The van der Waals surface area contributed by atoms with Crippen molar-refractivity contribution in [1.29, 1.82) is 0 Å². The summed E-state index contributed by atoms with van der Waals surface area (Å²) in [4.78, 5) is 0. The highest BCUT2D eigenvalue weighted by molar-refractivity contribution is 7.99. The van der Waals surface area contributed by atoms with Gasteiger partial charge in [-0.3, -0.25) is 0 Å².